The molecule has 140 valence electrons. The maximum atomic E-state index is 13.0. The Balaban J connectivity index is 1.70. The minimum Gasteiger partial charge on any atom is -0.309 e. The van der Waals surface area contributed by atoms with Crippen molar-refractivity contribution in [3.8, 4) is 0 Å². The SMILES string of the molecule is O=C(/C=C/c1ccccc1N1CCN(Cc2ccc(F)cc2)CC1=O)NO. The lowest BCUT2D eigenvalue weighted by Gasteiger charge is -2.35. The van der Waals surface area contributed by atoms with Crippen LogP contribution in [-0.2, 0) is 16.1 Å². The number of hydrogen-bond donors (Lipinski definition) is 2. The van der Waals surface area contributed by atoms with Crippen LogP contribution in [0.1, 0.15) is 11.1 Å². The van der Waals surface area contributed by atoms with Gasteiger partial charge in [-0.2, -0.15) is 0 Å². The van der Waals surface area contributed by atoms with Crippen molar-refractivity contribution in [2.75, 3.05) is 24.5 Å². The van der Waals surface area contributed by atoms with Crippen molar-refractivity contribution in [1.82, 2.24) is 10.4 Å². The van der Waals surface area contributed by atoms with E-state index >= 15 is 0 Å². The molecule has 2 N–H and O–H groups in total. The third-order valence-electron chi connectivity index (χ3n) is 4.37. The predicted octanol–water partition coefficient (Wildman–Crippen LogP) is 2.19. The summed E-state index contributed by atoms with van der Waals surface area (Å²) < 4.78 is 13.0. The first-order chi connectivity index (χ1) is 13.1. The molecule has 2 aromatic rings. The van der Waals surface area contributed by atoms with E-state index in [1.807, 2.05) is 23.1 Å². The van der Waals surface area contributed by atoms with Crippen LogP contribution in [0.2, 0.25) is 0 Å². The Morgan fingerprint density at radius 3 is 2.59 bits per heavy atom. The zero-order valence-corrected chi connectivity index (χ0v) is 14.6. The van der Waals surface area contributed by atoms with E-state index < -0.39 is 5.91 Å². The maximum Gasteiger partial charge on any atom is 0.267 e. The quantitative estimate of drug-likeness (QED) is 0.481. The number of benzene rings is 2. The van der Waals surface area contributed by atoms with Gasteiger partial charge < -0.3 is 4.90 Å². The molecule has 6 nitrogen and oxygen atoms in total. The molecule has 1 fully saturated rings. The monoisotopic (exact) mass is 369 g/mol. The van der Waals surface area contributed by atoms with E-state index in [4.69, 9.17) is 5.21 Å². The topological polar surface area (TPSA) is 72.9 Å². The summed E-state index contributed by atoms with van der Waals surface area (Å²) in [6, 6.07) is 13.5. The van der Waals surface area contributed by atoms with Gasteiger partial charge in [-0.25, -0.2) is 9.87 Å². The summed E-state index contributed by atoms with van der Waals surface area (Å²) in [5.41, 5.74) is 3.92. The Labute approximate surface area is 156 Å². The molecule has 1 heterocycles. The van der Waals surface area contributed by atoms with Gasteiger partial charge >= 0.3 is 0 Å². The van der Waals surface area contributed by atoms with Crippen LogP contribution in [0.5, 0.6) is 0 Å². The number of carbonyl (C=O) groups is 2. The van der Waals surface area contributed by atoms with Crippen LogP contribution in [0.3, 0.4) is 0 Å². The van der Waals surface area contributed by atoms with Crippen molar-refractivity contribution >= 4 is 23.6 Å². The molecule has 0 atom stereocenters. The van der Waals surface area contributed by atoms with Crippen LogP contribution in [-0.4, -0.2) is 41.6 Å². The molecule has 1 saturated heterocycles. The molecule has 2 aromatic carbocycles. The average Bonchev–Trinajstić information content (AvgIpc) is 2.68. The fourth-order valence-electron chi connectivity index (χ4n) is 3.04. The molecule has 3 rings (SSSR count). The summed E-state index contributed by atoms with van der Waals surface area (Å²) in [5, 5.41) is 8.60. The van der Waals surface area contributed by atoms with Gasteiger partial charge in [0.05, 0.1) is 12.2 Å². The molecule has 0 aliphatic carbocycles. The Bertz CT molecular complexity index is 852. The standard InChI is InChI=1S/C20H20FN3O3/c21-17-8-5-15(6-9-17)13-23-11-12-24(20(26)14-23)18-4-2-1-3-16(18)7-10-19(25)22-27/h1-10,27H,11-14H2,(H,22,25)/b10-7+. The zero-order chi connectivity index (χ0) is 19.2. The van der Waals surface area contributed by atoms with Crippen LogP contribution < -0.4 is 10.4 Å². The third kappa shape index (κ3) is 4.78. The van der Waals surface area contributed by atoms with Gasteiger partial charge in [0.1, 0.15) is 5.82 Å². The van der Waals surface area contributed by atoms with E-state index in [2.05, 4.69) is 0 Å². The lowest BCUT2D eigenvalue weighted by atomic mass is 10.1. The molecule has 0 spiro atoms. The lowest BCUT2D eigenvalue weighted by molar-refractivity contribution is -0.124. The highest BCUT2D eigenvalue weighted by molar-refractivity contribution is 5.98. The average molecular weight is 369 g/mol. The minimum atomic E-state index is -0.639. The van der Waals surface area contributed by atoms with Crippen molar-refractivity contribution in [2.45, 2.75) is 6.54 Å². The second-order valence-electron chi connectivity index (χ2n) is 6.25. The summed E-state index contributed by atoms with van der Waals surface area (Å²) in [7, 11) is 0. The summed E-state index contributed by atoms with van der Waals surface area (Å²) in [6.07, 6.45) is 2.76. The fraction of sp³-hybridized carbons (Fsp3) is 0.200. The molecule has 1 aliphatic rings. The van der Waals surface area contributed by atoms with Crippen molar-refractivity contribution in [3.63, 3.8) is 0 Å². The Morgan fingerprint density at radius 2 is 1.89 bits per heavy atom. The molecule has 0 bridgehead atoms. The van der Waals surface area contributed by atoms with Crippen LogP contribution in [0.4, 0.5) is 10.1 Å². The largest absolute Gasteiger partial charge is 0.309 e. The summed E-state index contributed by atoms with van der Waals surface area (Å²) in [5.74, 6) is -0.963. The first-order valence-electron chi connectivity index (χ1n) is 8.55. The van der Waals surface area contributed by atoms with E-state index in [0.717, 1.165) is 5.56 Å². The zero-order valence-electron chi connectivity index (χ0n) is 14.6. The molecule has 0 radical (unpaired) electrons. The van der Waals surface area contributed by atoms with Gasteiger partial charge in [-0.15, -0.1) is 0 Å². The smallest absolute Gasteiger partial charge is 0.267 e. The summed E-state index contributed by atoms with van der Waals surface area (Å²) in [4.78, 5) is 27.6. The van der Waals surface area contributed by atoms with Gasteiger partial charge in [0.2, 0.25) is 5.91 Å². The van der Waals surface area contributed by atoms with E-state index in [1.165, 1.54) is 23.7 Å². The molecule has 7 heteroatoms. The van der Waals surface area contributed by atoms with Crippen LogP contribution in [0, 0.1) is 5.82 Å². The highest BCUT2D eigenvalue weighted by Crippen LogP contribution is 2.24. The van der Waals surface area contributed by atoms with Gasteiger partial charge in [-0.05, 0) is 35.4 Å². The van der Waals surface area contributed by atoms with Crippen molar-refractivity contribution in [1.29, 1.82) is 0 Å². The highest BCUT2D eigenvalue weighted by Gasteiger charge is 2.26. The molecule has 2 amide bonds. The normalized spacial score (nSPS) is 15.3. The molecular weight excluding hydrogens is 349 g/mol. The predicted molar refractivity (Wildman–Crippen MR) is 99.4 cm³/mol. The maximum absolute atomic E-state index is 13.0. The number of rotatable bonds is 5. The number of para-hydroxylation sites is 1. The van der Waals surface area contributed by atoms with Gasteiger partial charge in [0, 0.05) is 25.7 Å². The van der Waals surface area contributed by atoms with E-state index in [9.17, 15) is 14.0 Å². The highest BCUT2D eigenvalue weighted by atomic mass is 19.1. The number of hydroxylamine groups is 1. The van der Waals surface area contributed by atoms with E-state index in [1.54, 1.807) is 29.2 Å². The van der Waals surface area contributed by atoms with E-state index in [-0.39, 0.29) is 18.3 Å². The summed E-state index contributed by atoms with van der Waals surface area (Å²) >= 11 is 0. The van der Waals surface area contributed by atoms with E-state index in [0.29, 0.717) is 30.9 Å². The van der Waals surface area contributed by atoms with Crippen LogP contribution in [0.25, 0.3) is 6.08 Å². The van der Waals surface area contributed by atoms with Gasteiger partial charge in [-0.1, -0.05) is 30.3 Å². The number of anilines is 1. The number of piperazine rings is 1. The molecule has 0 aromatic heterocycles. The lowest BCUT2D eigenvalue weighted by Crippen LogP contribution is -2.50. The van der Waals surface area contributed by atoms with Crippen LogP contribution >= 0.6 is 0 Å². The van der Waals surface area contributed by atoms with Gasteiger partial charge in [-0.3, -0.25) is 19.7 Å². The number of carbonyl (C=O) groups excluding carboxylic acids is 2. The second kappa shape index (κ2) is 8.57. The number of nitrogens with one attached hydrogen (secondary N) is 1. The fourth-order valence-corrected chi connectivity index (χ4v) is 3.04. The second-order valence-corrected chi connectivity index (χ2v) is 6.25. The first-order valence-corrected chi connectivity index (χ1v) is 8.55. The molecule has 0 unspecified atom stereocenters. The number of hydrogen-bond acceptors (Lipinski definition) is 4. The van der Waals surface area contributed by atoms with Crippen molar-refractivity contribution in [2.24, 2.45) is 0 Å². The molecule has 27 heavy (non-hydrogen) atoms. The minimum absolute atomic E-state index is 0.0455. The number of halogens is 1. The van der Waals surface area contributed by atoms with Gasteiger partial charge in [0.15, 0.2) is 0 Å². The van der Waals surface area contributed by atoms with Gasteiger partial charge in [0.25, 0.3) is 5.91 Å². The Hall–Kier alpha value is -3.03. The number of amides is 2. The van der Waals surface area contributed by atoms with Crippen molar-refractivity contribution in [3.05, 3.63) is 71.6 Å². The number of nitrogens with zero attached hydrogens (tertiary/aromatic N) is 2. The van der Waals surface area contributed by atoms with Crippen LogP contribution in [0.15, 0.2) is 54.6 Å². The molecule has 0 saturated carbocycles. The molecule has 1 aliphatic heterocycles. The summed E-state index contributed by atoms with van der Waals surface area (Å²) in [6.45, 7) is 2.03. The van der Waals surface area contributed by atoms with Crippen molar-refractivity contribution < 1.29 is 19.2 Å². The first kappa shape index (κ1) is 18.8. The Kier molecular flexibility index (Phi) is 5.95. The Morgan fingerprint density at radius 1 is 1.15 bits per heavy atom. The third-order valence-corrected chi connectivity index (χ3v) is 4.37. The molecular formula is C20H20FN3O3.